The van der Waals surface area contributed by atoms with Gasteiger partial charge in [0.25, 0.3) is 0 Å². The molecule has 0 aliphatic carbocycles. The summed E-state index contributed by atoms with van der Waals surface area (Å²) in [6.45, 7) is 0.886. The van der Waals surface area contributed by atoms with Crippen LogP contribution in [0.25, 0.3) is 0 Å². The van der Waals surface area contributed by atoms with Crippen LogP contribution >= 0.6 is 0 Å². The van der Waals surface area contributed by atoms with Crippen molar-refractivity contribution in [1.29, 1.82) is 0 Å². The Morgan fingerprint density at radius 2 is 2.00 bits per heavy atom. The van der Waals surface area contributed by atoms with Gasteiger partial charge >= 0.3 is 18.9 Å². The van der Waals surface area contributed by atoms with Gasteiger partial charge in [-0.3, -0.25) is 0 Å². The first-order valence-electron chi connectivity index (χ1n) is 3.67. The number of hydrogen-bond acceptors (Lipinski definition) is 1. The Morgan fingerprint density at radius 3 is 2.82 bits per heavy atom. The standard InChI is InChI=1S/C9H10O.Li.H/c1-2-6-9-8(4-1)5-3-7-10-9;;/h1-2,4,6H,3,5,7H2;;. The van der Waals surface area contributed by atoms with Crippen LogP contribution in [0.1, 0.15) is 12.0 Å². The molecule has 2 rings (SSSR count). The van der Waals surface area contributed by atoms with E-state index in [4.69, 9.17) is 4.74 Å². The Labute approximate surface area is 78.9 Å². The SMILES string of the molecule is [LiH].c1ccc2c(c1)CCCO2. The third-order valence-electron chi connectivity index (χ3n) is 1.82. The van der Waals surface area contributed by atoms with Crippen molar-refractivity contribution in [2.24, 2.45) is 0 Å². The maximum atomic E-state index is 5.42. The van der Waals surface area contributed by atoms with Gasteiger partial charge in [-0.15, -0.1) is 0 Å². The fraction of sp³-hybridized carbons (Fsp3) is 0.333. The van der Waals surface area contributed by atoms with Crippen LogP contribution in [0.3, 0.4) is 0 Å². The number of hydrogen-bond donors (Lipinski definition) is 0. The summed E-state index contributed by atoms with van der Waals surface area (Å²) in [7, 11) is 0. The van der Waals surface area contributed by atoms with Crippen molar-refractivity contribution in [2.75, 3.05) is 6.61 Å². The Morgan fingerprint density at radius 1 is 1.18 bits per heavy atom. The van der Waals surface area contributed by atoms with Crippen molar-refractivity contribution in [3.63, 3.8) is 0 Å². The van der Waals surface area contributed by atoms with Crippen molar-refractivity contribution < 1.29 is 4.74 Å². The molecule has 0 fully saturated rings. The summed E-state index contributed by atoms with van der Waals surface area (Å²) in [6.07, 6.45) is 2.34. The average molecular weight is 142 g/mol. The minimum absolute atomic E-state index is 0. The monoisotopic (exact) mass is 142 g/mol. The summed E-state index contributed by atoms with van der Waals surface area (Å²) < 4.78 is 5.42. The van der Waals surface area contributed by atoms with Gasteiger partial charge in [-0.1, -0.05) is 18.2 Å². The van der Waals surface area contributed by atoms with Crippen molar-refractivity contribution in [3.05, 3.63) is 29.8 Å². The number of para-hydroxylation sites is 1. The molecular weight excluding hydrogens is 131 g/mol. The van der Waals surface area contributed by atoms with Crippen molar-refractivity contribution in [2.45, 2.75) is 12.8 Å². The zero-order chi connectivity index (χ0) is 6.81. The van der Waals surface area contributed by atoms with E-state index < -0.39 is 0 Å². The predicted molar refractivity (Wildman–Crippen MR) is 47.4 cm³/mol. The number of fused-ring (bicyclic) bond motifs is 1. The van der Waals surface area contributed by atoms with Crippen LogP contribution in [-0.4, -0.2) is 25.5 Å². The van der Waals surface area contributed by atoms with E-state index in [1.165, 1.54) is 12.0 Å². The van der Waals surface area contributed by atoms with E-state index in [9.17, 15) is 0 Å². The summed E-state index contributed by atoms with van der Waals surface area (Å²) in [5.41, 5.74) is 1.36. The van der Waals surface area contributed by atoms with Gasteiger partial charge in [0.05, 0.1) is 6.61 Å². The van der Waals surface area contributed by atoms with Crippen LogP contribution in [0.5, 0.6) is 5.75 Å². The first-order chi connectivity index (χ1) is 4.97. The van der Waals surface area contributed by atoms with E-state index in [0.717, 1.165) is 18.8 Å². The molecule has 0 unspecified atom stereocenters. The van der Waals surface area contributed by atoms with Gasteiger partial charge < -0.3 is 4.74 Å². The smallest absolute Gasteiger partial charge is 0.122 e. The van der Waals surface area contributed by atoms with Crippen LogP contribution in [0.15, 0.2) is 24.3 Å². The Hall–Kier alpha value is -0.383. The Balaban J connectivity index is 0.000000605. The quantitative estimate of drug-likeness (QED) is 0.497. The van der Waals surface area contributed by atoms with Crippen LogP contribution in [0, 0.1) is 0 Å². The molecule has 54 valence electrons. The second-order valence-corrected chi connectivity index (χ2v) is 2.56. The molecule has 2 heteroatoms. The molecular formula is C9H11LiO. The van der Waals surface area contributed by atoms with E-state index in [1.807, 2.05) is 12.1 Å². The van der Waals surface area contributed by atoms with Gasteiger partial charge in [0, 0.05) is 0 Å². The van der Waals surface area contributed by atoms with E-state index in [0.29, 0.717) is 0 Å². The van der Waals surface area contributed by atoms with E-state index in [2.05, 4.69) is 12.1 Å². The van der Waals surface area contributed by atoms with Crippen LogP contribution in [0.2, 0.25) is 0 Å². The maximum absolute atomic E-state index is 5.42. The number of rotatable bonds is 0. The van der Waals surface area contributed by atoms with Gasteiger partial charge in [0.1, 0.15) is 5.75 Å². The van der Waals surface area contributed by atoms with Crippen LogP contribution in [0.4, 0.5) is 0 Å². The number of benzene rings is 1. The topological polar surface area (TPSA) is 9.23 Å². The van der Waals surface area contributed by atoms with E-state index in [1.54, 1.807) is 0 Å². The molecule has 1 nitrogen and oxygen atoms in total. The molecule has 0 N–H and O–H groups in total. The first kappa shape index (κ1) is 8.71. The van der Waals surface area contributed by atoms with Gasteiger partial charge in [-0.2, -0.15) is 0 Å². The summed E-state index contributed by atoms with van der Waals surface area (Å²) in [5, 5.41) is 0. The molecule has 0 spiro atoms. The van der Waals surface area contributed by atoms with Gasteiger partial charge in [0.2, 0.25) is 0 Å². The number of ether oxygens (including phenoxy) is 1. The maximum Gasteiger partial charge on any atom is 0.122 e. The third kappa shape index (κ3) is 1.80. The first-order valence-corrected chi connectivity index (χ1v) is 3.67. The molecule has 1 heterocycles. The largest absolute Gasteiger partial charge is 0.493 e. The molecule has 11 heavy (non-hydrogen) atoms. The van der Waals surface area contributed by atoms with Gasteiger partial charge in [-0.05, 0) is 24.5 Å². The molecule has 1 aliphatic heterocycles. The van der Waals surface area contributed by atoms with E-state index >= 15 is 0 Å². The fourth-order valence-electron chi connectivity index (χ4n) is 1.30. The molecule has 1 aromatic carbocycles. The summed E-state index contributed by atoms with van der Waals surface area (Å²) in [5.74, 6) is 1.08. The molecule has 0 saturated heterocycles. The Bertz CT molecular complexity index is 210. The fourth-order valence-corrected chi connectivity index (χ4v) is 1.30. The molecule has 0 saturated carbocycles. The average Bonchev–Trinajstić information content (AvgIpc) is 2.05. The molecule has 0 radical (unpaired) electrons. The van der Waals surface area contributed by atoms with Crippen molar-refractivity contribution in [1.82, 2.24) is 0 Å². The minimum atomic E-state index is 0. The molecule has 0 atom stereocenters. The molecule has 0 bridgehead atoms. The zero-order valence-corrected chi connectivity index (χ0v) is 5.84. The third-order valence-corrected chi connectivity index (χ3v) is 1.82. The molecule has 1 aliphatic rings. The van der Waals surface area contributed by atoms with Crippen molar-refractivity contribution >= 4 is 18.9 Å². The second kappa shape index (κ2) is 3.85. The van der Waals surface area contributed by atoms with Crippen LogP contribution in [-0.2, 0) is 6.42 Å². The predicted octanol–water partition coefficient (Wildman–Crippen LogP) is 1.36. The van der Waals surface area contributed by atoms with Crippen LogP contribution < -0.4 is 4.74 Å². The summed E-state index contributed by atoms with van der Waals surface area (Å²) >= 11 is 0. The van der Waals surface area contributed by atoms with E-state index in [-0.39, 0.29) is 18.9 Å². The van der Waals surface area contributed by atoms with Gasteiger partial charge in [-0.25, -0.2) is 0 Å². The van der Waals surface area contributed by atoms with Crippen molar-refractivity contribution in [3.8, 4) is 5.75 Å². The zero-order valence-electron chi connectivity index (χ0n) is 5.84. The Kier molecular flexibility index (Phi) is 3.05. The molecule has 1 aromatic rings. The summed E-state index contributed by atoms with van der Waals surface area (Å²) in [6, 6.07) is 8.25. The second-order valence-electron chi connectivity index (χ2n) is 2.56. The summed E-state index contributed by atoms with van der Waals surface area (Å²) in [4.78, 5) is 0. The normalized spacial score (nSPS) is 14.2. The molecule has 0 aromatic heterocycles. The minimum Gasteiger partial charge on any atom is -0.493 e. The van der Waals surface area contributed by atoms with Gasteiger partial charge in [0.15, 0.2) is 0 Å². The number of aryl methyl sites for hydroxylation is 1. The molecule has 0 amide bonds.